The zero-order chi connectivity index (χ0) is 46.4. The molecular formula is C40H49N3O16P2. The Hall–Kier alpha value is -6.33. The lowest BCUT2D eigenvalue weighted by Gasteiger charge is -2.23. The maximum Gasteiger partial charge on any atom is 0.363 e. The number of amides is 3. The van der Waals surface area contributed by atoms with Gasteiger partial charge >= 0.3 is 33.1 Å². The van der Waals surface area contributed by atoms with Gasteiger partial charge < -0.3 is 48.3 Å². The predicted molar refractivity (Wildman–Crippen MR) is 223 cm³/mol. The molecule has 2 unspecified atom stereocenters. The monoisotopic (exact) mass is 889 g/mol. The molecule has 0 spiro atoms. The van der Waals surface area contributed by atoms with Crippen LogP contribution in [0, 0.1) is 0 Å². The number of nitrogens with one attached hydrogen (secondary N) is 3. The number of ether oxygens (including phenoxy) is 3. The number of methoxy groups -OCH3 is 3. The van der Waals surface area contributed by atoms with E-state index in [-0.39, 0.29) is 11.6 Å². The van der Waals surface area contributed by atoms with Crippen LogP contribution in [0.5, 0.6) is 0 Å². The maximum absolute atomic E-state index is 12.3. The number of hydrogen-bond donors (Lipinski definition) is 3. The summed E-state index contributed by atoms with van der Waals surface area (Å²) in [5.74, 6) is -7.06. The molecule has 3 aromatic carbocycles. The molecule has 0 bridgehead atoms. The Balaban J connectivity index is 0.000000849. The van der Waals surface area contributed by atoms with Gasteiger partial charge in [-0.3, -0.25) is 28.3 Å². The Morgan fingerprint density at radius 1 is 0.525 bits per heavy atom. The van der Waals surface area contributed by atoms with Crippen LogP contribution in [0.1, 0.15) is 31.1 Å². The second-order valence-electron chi connectivity index (χ2n) is 10.8. The van der Waals surface area contributed by atoms with Crippen LogP contribution < -0.4 is 16.0 Å². The molecular weight excluding hydrogens is 840 g/mol. The number of allylic oxidation sites excluding steroid dienone is 3. The van der Waals surface area contributed by atoms with Gasteiger partial charge in [0.2, 0.25) is 11.6 Å². The number of carbonyl (C=O) groups is 7. The molecule has 3 amide bonds. The van der Waals surface area contributed by atoms with Gasteiger partial charge in [-0.05, 0) is 48.6 Å². The van der Waals surface area contributed by atoms with Crippen molar-refractivity contribution in [2.45, 2.75) is 11.6 Å². The number of hydrogen-bond acceptors (Lipinski definition) is 16. The fourth-order valence-electron chi connectivity index (χ4n) is 4.09. The van der Waals surface area contributed by atoms with E-state index in [1.807, 2.05) is 0 Å². The molecule has 0 aromatic heterocycles. The molecule has 330 valence electrons. The fourth-order valence-corrected chi connectivity index (χ4v) is 6.51. The summed E-state index contributed by atoms with van der Waals surface area (Å²) in [4.78, 5) is 79.5. The van der Waals surface area contributed by atoms with Crippen LogP contribution in [-0.4, -0.2) is 103 Å². The fraction of sp³-hybridized carbons (Fsp3) is 0.225. The minimum atomic E-state index is -3.84. The highest BCUT2D eigenvalue weighted by atomic mass is 31.2. The Bertz CT molecular complexity index is 1910. The van der Waals surface area contributed by atoms with Gasteiger partial charge in [0.25, 0.3) is 17.7 Å². The van der Waals surface area contributed by atoms with Crippen molar-refractivity contribution in [1.82, 2.24) is 16.0 Å². The first-order valence-electron chi connectivity index (χ1n) is 17.2. The van der Waals surface area contributed by atoms with Gasteiger partial charge in [0, 0.05) is 45.1 Å². The summed E-state index contributed by atoms with van der Waals surface area (Å²) in [6.45, 7) is 6.57. The third-order valence-corrected chi connectivity index (χ3v) is 11.2. The summed E-state index contributed by atoms with van der Waals surface area (Å²) >= 11 is 0. The lowest BCUT2D eigenvalue weighted by atomic mass is 10.2. The van der Waals surface area contributed by atoms with Crippen LogP contribution in [0.15, 0.2) is 128 Å². The van der Waals surface area contributed by atoms with Crippen LogP contribution in [0.4, 0.5) is 0 Å². The van der Waals surface area contributed by atoms with E-state index in [1.54, 1.807) is 91.0 Å². The molecule has 3 aromatic rings. The Labute approximate surface area is 353 Å². The van der Waals surface area contributed by atoms with Gasteiger partial charge in [-0.25, -0.2) is 14.4 Å². The quantitative estimate of drug-likeness (QED) is 0.0410. The lowest BCUT2D eigenvalue weighted by molar-refractivity contribution is -0.142. The standard InChI is InChI=1S/C13H13NO3.2C12H16NO6P.C3H4O/c1-3-7-11(13(16)17-2)14-12(15)10-8-5-4-6-9-10;2*1-17-12(15)11(20(16,18-2)19-3)13-10(14)9-7-5-4-6-8-9;1-2-3-4/h3-9H,1H2,2H3,(H,14,15);2*4-8,11H,1-3H3,(H,13,14);2-3H,1H2/b11-7-;;;. The maximum atomic E-state index is 12.3. The number of rotatable bonds is 17. The highest BCUT2D eigenvalue weighted by Crippen LogP contribution is 2.51. The average Bonchev–Trinajstić information content (AvgIpc) is 3.32. The van der Waals surface area contributed by atoms with Gasteiger partial charge in [-0.1, -0.05) is 73.8 Å². The molecule has 0 fully saturated rings. The van der Waals surface area contributed by atoms with E-state index in [4.69, 9.17) is 22.9 Å². The number of carbonyl (C=O) groups excluding carboxylic acids is 7. The Morgan fingerprint density at radius 3 is 1.08 bits per heavy atom. The second-order valence-corrected chi connectivity index (χ2v) is 15.5. The van der Waals surface area contributed by atoms with E-state index >= 15 is 0 Å². The van der Waals surface area contributed by atoms with Crippen molar-refractivity contribution in [3.05, 3.63) is 145 Å². The molecule has 3 rings (SSSR count). The largest absolute Gasteiger partial charge is 0.467 e. The zero-order valence-electron chi connectivity index (χ0n) is 34.5. The van der Waals surface area contributed by atoms with Crippen molar-refractivity contribution >= 4 is 57.1 Å². The molecule has 0 saturated heterocycles. The summed E-state index contributed by atoms with van der Waals surface area (Å²) in [5, 5.41) is 7.06. The molecule has 0 heterocycles. The van der Waals surface area contributed by atoms with Crippen LogP contribution in [0.2, 0.25) is 0 Å². The molecule has 19 nitrogen and oxygen atoms in total. The lowest BCUT2D eigenvalue weighted by Crippen LogP contribution is -2.42. The van der Waals surface area contributed by atoms with Gasteiger partial charge in [0.15, 0.2) is 0 Å². The normalized spacial score (nSPS) is 11.5. The Kier molecular flexibility index (Phi) is 26.7. The third-order valence-electron chi connectivity index (χ3n) is 7.18. The molecule has 21 heteroatoms. The van der Waals surface area contributed by atoms with E-state index in [0.29, 0.717) is 23.0 Å². The van der Waals surface area contributed by atoms with Gasteiger partial charge in [-0.2, -0.15) is 0 Å². The molecule has 3 N–H and O–H groups in total. The number of benzene rings is 3. The Morgan fingerprint density at radius 2 is 0.836 bits per heavy atom. The summed E-state index contributed by atoms with van der Waals surface area (Å²) in [7, 11) is 0.256. The third kappa shape index (κ3) is 18.6. The number of aldehydes is 1. The molecule has 0 aliphatic heterocycles. The molecule has 61 heavy (non-hydrogen) atoms. The van der Waals surface area contributed by atoms with Crippen molar-refractivity contribution in [2.24, 2.45) is 0 Å². The summed E-state index contributed by atoms with van der Waals surface area (Å²) in [6, 6.07) is 24.9. The summed E-state index contributed by atoms with van der Waals surface area (Å²) < 4.78 is 57.0. The summed E-state index contributed by atoms with van der Waals surface area (Å²) in [6.07, 6.45) is 4.62. The zero-order valence-corrected chi connectivity index (χ0v) is 36.3. The first-order chi connectivity index (χ1) is 29.1. The number of esters is 3. The van der Waals surface area contributed by atoms with Crippen molar-refractivity contribution in [3.63, 3.8) is 0 Å². The van der Waals surface area contributed by atoms with E-state index in [2.05, 4.69) is 43.3 Å². The van der Waals surface area contributed by atoms with Crippen molar-refractivity contribution in [3.8, 4) is 0 Å². The molecule has 0 saturated carbocycles. The minimum Gasteiger partial charge on any atom is -0.467 e. The highest BCUT2D eigenvalue weighted by Gasteiger charge is 2.43. The van der Waals surface area contributed by atoms with Crippen LogP contribution in [0.25, 0.3) is 0 Å². The van der Waals surface area contributed by atoms with Gasteiger partial charge in [-0.15, -0.1) is 0 Å². The average molecular weight is 890 g/mol. The smallest absolute Gasteiger partial charge is 0.363 e. The van der Waals surface area contributed by atoms with E-state index in [0.717, 1.165) is 42.7 Å². The SMILES string of the molecule is C=C/C=C(\NC(=O)c1ccccc1)C(=O)OC.C=CC=O.COC(=O)C(NC(=O)c1ccccc1)P(=O)(OC)OC.COC(=O)C(NC(=O)c1ccccc1)P(=O)(OC)OC. The van der Waals surface area contributed by atoms with Crippen molar-refractivity contribution in [2.75, 3.05) is 49.8 Å². The van der Waals surface area contributed by atoms with Crippen LogP contribution >= 0.6 is 15.2 Å². The highest BCUT2D eigenvalue weighted by molar-refractivity contribution is 7.56. The molecule has 0 radical (unpaired) electrons. The van der Waals surface area contributed by atoms with Crippen molar-refractivity contribution in [1.29, 1.82) is 0 Å². The first kappa shape index (κ1) is 54.7. The van der Waals surface area contributed by atoms with Crippen LogP contribution in [0.3, 0.4) is 0 Å². The molecule has 0 aliphatic rings. The van der Waals surface area contributed by atoms with Crippen molar-refractivity contribution < 1.29 is 75.0 Å². The van der Waals surface area contributed by atoms with E-state index < -0.39 is 56.5 Å². The van der Waals surface area contributed by atoms with Crippen LogP contribution in [-0.2, 0) is 60.6 Å². The molecule has 0 aliphatic carbocycles. The van der Waals surface area contributed by atoms with Gasteiger partial charge in [0.05, 0.1) is 21.3 Å². The van der Waals surface area contributed by atoms with E-state index in [1.165, 1.54) is 25.3 Å². The predicted octanol–water partition coefficient (Wildman–Crippen LogP) is 4.83. The summed E-state index contributed by atoms with van der Waals surface area (Å²) in [5.41, 5.74) is 1.13. The second kappa shape index (κ2) is 29.8. The van der Waals surface area contributed by atoms with Gasteiger partial charge in [0.1, 0.15) is 12.0 Å². The van der Waals surface area contributed by atoms with E-state index in [9.17, 15) is 37.9 Å². The topological polar surface area (TPSA) is 254 Å². The molecule has 2 atom stereocenters. The minimum absolute atomic E-state index is 0.0522. The first-order valence-corrected chi connectivity index (χ1v) is 20.4.